The minimum absolute atomic E-state index is 0.214. The molecule has 10 heteroatoms. The van der Waals surface area contributed by atoms with Gasteiger partial charge in [0.2, 0.25) is 0 Å². The van der Waals surface area contributed by atoms with Crippen LogP contribution in [0.5, 0.6) is 0 Å². The van der Waals surface area contributed by atoms with E-state index in [-0.39, 0.29) is 5.41 Å². The van der Waals surface area contributed by atoms with Gasteiger partial charge < -0.3 is 47.4 Å². The summed E-state index contributed by atoms with van der Waals surface area (Å²) in [7, 11) is 0. The molecule has 5 aliphatic rings. The second-order valence-electron chi connectivity index (χ2n) is 13.9. The number of epoxide rings is 5. The van der Waals surface area contributed by atoms with Gasteiger partial charge in [-0.2, -0.15) is 0 Å². The van der Waals surface area contributed by atoms with Crippen LogP contribution in [-0.4, -0.2) is 130 Å². The van der Waals surface area contributed by atoms with E-state index in [0.717, 1.165) is 131 Å². The lowest BCUT2D eigenvalue weighted by molar-refractivity contribution is 0.0194. The lowest BCUT2D eigenvalue weighted by atomic mass is 9.63. The SMILES string of the molecule is C(CCOCC1CO1)CCC(CCCCOCC1CO1)C(CCCCOCC1CO1)(CCCOCC1CO1)CCOCC1CO1. The second-order valence-corrected chi connectivity index (χ2v) is 13.9. The Labute approximate surface area is 271 Å². The van der Waals surface area contributed by atoms with E-state index in [1.807, 2.05) is 0 Å². The summed E-state index contributed by atoms with van der Waals surface area (Å²) in [6.07, 6.45) is 16.8. The quantitative estimate of drug-likeness (QED) is 0.0722. The Morgan fingerprint density at radius 2 is 0.756 bits per heavy atom. The van der Waals surface area contributed by atoms with E-state index in [1.165, 1.54) is 51.4 Å². The van der Waals surface area contributed by atoms with Crippen LogP contribution in [0.4, 0.5) is 0 Å². The highest BCUT2D eigenvalue weighted by Gasteiger charge is 2.37. The van der Waals surface area contributed by atoms with Crippen LogP contribution in [0.2, 0.25) is 0 Å². The normalized spacial score (nSPS) is 28.1. The Kier molecular flexibility index (Phi) is 16.6. The van der Waals surface area contributed by atoms with Gasteiger partial charge in [0.1, 0.15) is 30.5 Å². The van der Waals surface area contributed by atoms with Crippen LogP contribution in [-0.2, 0) is 47.4 Å². The topological polar surface area (TPSA) is 109 Å². The Hall–Kier alpha value is -0.400. The van der Waals surface area contributed by atoms with E-state index >= 15 is 0 Å². The molecule has 5 heterocycles. The van der Waals surface area contributed by atoms with Crippen LogP contribution in [0, 0.1) is 11.3 Å². The maximum atomic E-state index is 6.22. The fourth-order valence-corrected chi connectivity index (χ4v) is 6.49. The number of hydrogen-bond donors (Lipinski definition) is 0. The number of rotatable bonds is 34. The van der Waals surface area contributed by atoms with Crippen LogP contribution in [0.3, 0.4) is 0 Å². The molecule has 0 aromatic rings. The van der Waals surface area contributed by atoms with Crippen molar-refractivity contribution in [3.8, 4) is 0 Å². The van der Waals surface area contributed by atoms with E-state index in [0.29, 0.717) is 36.4 Å². The maximum Gasteiger partial charge on any atom is 0.104 e. The summed E-state index contributed by atoms with van der Waals surface area (Å²) in [5, 5.41) is 0. The molecule has 5 aliphatic heterocycles. The van der Waals surface area contributed by atoms with Crippen LogP contribution in [0.15, 0.2) is 0 Å². The van der Waals surface area contributed by atoms with E-state index in [9.17, 15) is 0 Å². The van der Waals surface area contributed by atoms with Crippen molar-refractivity contribution in [3.63, 3.8) is 0 Å². The molecule has 0 saturated carbocycles. The summed E-state index contributed by atoms with van der Waals surface area (Å²) in [6.45, 7) is 12.0. The molecule has 0 aliphatic carbocycles. The van der Waals surface area contributed by atoms with Crippen LogP contribution < -0.4 is 0 Å². The van der Waals surface area contributed by atoms with Gasteiger partial charge in [0, 0.05) is 33.0 Å². The summed E-state index contributed by atoms with van der Waals surface area (Å²) in [6, 6.07) is 0. The first-order valence-corrected chi connectivity index (χ1v) is 18.3. The molecular formula is C35H62O10. The molecule has 0 aromatic heterocycles. The van der Waals surface area contributed by atoms with Gasteiger partial charge in [-0.05, 0) is 69.1 Å². The zero-order valence-electron chi connectivity index (χ0n) is 27.8. The Bertz CT molecular complexity index is 753. The highest BCUT2D eigenvalue weighted by Crippen LogP contribution is 2.46. The molecule has 0 radical (unpaired) electrons. The van der Waals surface area contributed by atoms with Gasteiger partial charge >= 0.3 is 0 Å². The molecule has 45 heavy (non-hydrogen) atoms. The Morgan fingerprint density at radius 1 is 0.400 bits per heavy atom. The monoisotopic (exact) mass is 642 g/mol. The molecule has 0 N–H and O–H groups in total. The smallest absolute Gasteiger partial charge is 0.104 e. The third-order valence-electron chi connectivity index (χ3n) is 9.75. The Balaban J connectivity index is 1.15. The van der Waals surface area contributed by atoms with Crippen molar-refractivity contribution in [2.75, 3.05) is 99.1 Å². The van der Waals surface area contributed by atoms with Gasteiger partial charge in [0.25, 0.3) is 0 Å². The van der Waals surface area contributed by atoms with E-state index in [4.69, 9.17) is 47.4 Å². The van der Waals surface area contributed by atoms with E-state index in [1.54, 1.807) is 0 Å². The number of ether oxygens (including phenoxy) is 10. The van der Waals surface area contributed by atoms with Crippen molar-refractivity contribution in [2.45, 2.75) is 114 Å². The molecule has 0 aromatic carbocycles. The fourth-order valence-electron chi connectivity index (χ4n) is 6.49. The van der Waals surface area contributed by atoms with Crippen LogP contribution >= 0.6 is 0 Å². The van der Waals surface area contributed by atoms with Gasteiger partial charge in [-0.1, -0.05) is 25.7 Å². The molecule has 7 unspecified atom stereocenters. The molecule has 5 rings (SSSR count). The molecule has 0 bridgehead atoms. The highest BCUT2D eigenvalue weighted by atomic mass is 16.6. The van der Waals surface area contributed by atoms with Gasteiger partial charge in [-0.15, -0.1) is 0 Å². The lowest BCUT2D eigenvalue weighted by Crippen LogP contribution is -2.34. The van der Waals surface area contributed by atoms with E-state index in [2.05, 4.69) is 0 Å². The van der Waals surface area contributed by atoms with Crippen molar-refractivity contribution < 1.29 is 47.4 Å². The minimum atomic E-state index is 0.214. The molecule has 7 atom stereocenters. The van der Waals surface area contributed by atoms with Crippen molar-refractivity contribution >= 4 is 0 Å². The molecule has 10 nitrogen and oxygen atoms in total. The first-order chi connectivity index (χ1) is 22.3. The van der Waals surface area contributed by atoms with Gasteiger partial charge in [-0.3, -0.25) is 0 Å². The molecular weight excluding hydrogens is 580 g/mol. The third-order valence-corrected chi connectivity index (χ3v) is 9.75. The van der Waals surface area contributed by atoms with Gasteiger partial charge in [0.05, 0.1) is 66.1 Å². The first kappa shape index (κ1) is 35.9. The largest absolute Gasteiger partial charge is 0.379 e. The lowest BCUT2D eigenvalue weighted by Gasteiger charge is -2.42. The van der Waals surface area contributed by atoms with E-state index < -0.39 is 0 Å². The Morgan fingerprint density at radius 3 is 1.22 bits per heavy atom. The minimum Gasteiger partial charge on any atom is -0.379 e. The second kappa shape index (κ2) is 20.9. The predicted octanol–water partition coefficient (Wildman–Crippen LogP) is 4.74. The van der Waals surface area contributed by atoms with Crippen LogP contribution in [0.25, 0.3) is 0 Å². The zero-order chi connectivity index (χ0) is 30.8. The first-order valence-electron chi connectivity index (χ1n) is 18.3. The summed E-state index contributed by atoms with van der Waals surface area (Å²) in [5.74, 6) is 0.637. The number of hydrogen-bond acceptors (Lipinski definition) is 10. The average Bonchev–Trinajstić information content (AvgIpc) is 3.83. The van der Waals surface area contributed by atoms with Crippen molar-refractivity contribution in [2.24, 2.45) is 11.3 Å². The van der Waals surface area contributed by atoms with Crippen LogP contribution in [0.1, 0.15) is 83.5 Å². The fraction of sp³-hybridized carbons (Fsp3) is 1.00. The van der Waals surface area contributed by atoms with Gasteiger partial charge in [0.15, 0.2) is 0 Å². The summed E-state index contributed by atoms with van der Waals surface area (Å²) in [5.41, 5.74) is 0.214. The van der Waals surface area contributed by atoms with Gasteiger partial charge in [-0.25, -0.2) is 0 Å². The zero-order valence-corrected chi connectivity index (χ0v) is 27.8. The van der Waals surface area contributed by atoms with Crippen molar-refractivity contribution in [1.82, 2.24) is 0 Å². The third kappa shape index (κ3) is 17.0. The summed E-state index contributed by atoms with van der Waals surface area (Å²) in [4.78, 5) is 0. The molecule has 0 amide bonds. The molecule has 5 saturated heterocycles. The summed E-state index contributed by atoms with van der Waals surface area (Å²) < 4.78 is 56.6. The molecule has 262 valence electrons. The van der Waals surface area contributed by atoms with Crippen molar-refractivity contribution in [1.29, 1.82) is 0 Å². The average molecular weight is 643 g/mol. The van der Waals surface area contributed by atoms with Crippen molar-refractivity contribution in [3.05, 3.63) is 0 Å². The molecule has 5 fully saturated rings. The number of unbranched alkanes of at least 4 members (excludes halogenated alkanes) is 4. The molecule has 0 spiro atoms. The maximum absolute atomic E-state index is 6.22. The summed E-state index contributed by atoms with van der Waals surface area (Å²) >= 11 is 0. The standard InChI is InChI=1S/C35H62O10/c1(5-14-36-19-30-24-41-30)2-9-29(10-3-6-15-37-20-31-25-42-31)35(13-18-40-23-34-28-45-34,12-8-17-39-22-33-27-44-33)11-4-7-16-38-21-32-26-43-32/h29-34H,1-28H2. The predicted molar refractivity (Wildman–Crippen MR) is 169 cm³/mol. The highest BCUT2D eigenvalue weighted by molar-refractivity contribution is 4.88.